The van der Waals surface area contributed by atoms with Gasteiger partial charge in [-0.3, -0.25) is 9.59 Å². The van der Waals surface area contributed by atoms with Gasteiger partial charge in [0.05, 0.1) is 7.05 Å². The van der Waals surface area contributed by atoms with E-state index in [1.54, 1.807) is 37.4 Å². The fourth-order valence-electron chi connectivity index (χ4n) is 3.22. The Morgan fingerprint density at radius 1 is 1.21 bits per heavy atom. The number of halogens is 1. The monoisotopic (exact) mass is 380 g/mol. The number of rotatable bonds is 3. The number of amides is 2. The lowest BCUT2D eigenvalue weighted by molar-refractivity contribution is -0.128. The van der Waals surface area contributed by atoms with Crippen LogP contribution in [-0.4, -0.2) is 50.0 Å². The van der Waals surface area contributed by atoms with Crippen molar-refractivity contribution in [2.75, 3.05) is 13.1 Å². The molecule has 0 radical (unpaired) electrons. The Hall–Kier alpha value is -3.62. The molecule has 0 saturated carbocycles. The Balaban J connectivity index is 1.62. The normalized spacial score (nSPS) is 16.7. The van der Waals surface area contributed by atoms with Gasteiger partial charge in [-0.05, 0) is 35.0 Å². The van der Waals surface area contributed by atoms with Crippen LogP contribution in [0.4, 0.5) is 4.39 Å². The Morgan fingerprint density at radius 3 is 2.68 bits per heavy atom. The molecular formula is C19H17FN6O2. The van der Waals surface area contributed by atoms with Gasteiger partial charge in [-0.1, -0.05) is 24.3 Å². The van der Waals surface area contributed by atoms with Crippen LogP contribution in [0.25, 0.3) is 11.4 Å². The van der Waals surface area contributed by atoms with Crippen molar-refractivity contribution in [3.05, 3.63) is 65.5 Å². The van der Waals surface area contributed by atoms with E-state index in [-0.39, 0.29) is 11.8 Å². The smallest absolute Gasteiger partial charge is 0.254 e. The topological polar surface area (TPSA) is 93.0 Å². The number of nitrogens with one attached hydrogen (secondary N) is 1. The van der Waals surface area contributed by atoms with Gasteiger partial charge in [-0.2, -0.15) is 4.80 Å². The zero-order chi connectivity index (χ0) is 19.7. The first-order chi connectivity index (χ1) is 13.5. The SMILES string of the molecule is Cn1nnc(-c2ccc(C(=O)N3CCNC(=O)[C@@H]3c3cccc(F)c3)cc2)n1. The Morgan fingerprint density at radius 2 is 2.00 bits per heavy atom. The molecule has 2 heterocycles. The summed E-state index contributed by atoms with van der Waals surface area (Å²) in [6.07, 6.45) is 0. The highest BCUT2D eigenvalue weighted by molar-refractivity contribution is 5.98. The van der Waals surface area contributed by atoms with Gasteiger partial charge in [0.2, 0.25) is 11.7 Å². The molecule has 1 atom stereocenters. The molecule has 28 heavy (non-hydrogen) atoms. The number of benzene rings is 2. The van der Waals surface area contributed by atoms with E-state index in [0.29, 0.717) is 30.0 Å². The number of aromatic nitrogens is 4. The molecule has 142 valence electrons. The van der Waals surface area contributed by atoms with E-state index < -0.39 is 11.9 Å². The van der Waals surface area contributed by atoms with Gasteiger partial charge in [0, 0.05) is 24.2 Å². The van der Waals surface area contributed by atoms with Crippen molar-refractivity contribution in [3.63, 3.8) is 0 Å². The van der Waals surface area contributed by atoms with E-state index in [9.17, 15) is 14.0 Å². The lowest BCUT2D eigenvalue weighted by atomic mass is 10.0. The number of tetrazole rings is 1. The van der Waals surface area contributed by atoms with Gasteiger partial charge >= 0.3 is 0 Å². The van der Waals surface area contributed by atoms with Crippen LogP contribution in [0.3, 0.4) is 0 Å². The lowest BCUT2D eigenvalue weighted by Crippen LogP contribution is -2.52. The maximum atomic E-state index is 13.7. The van der Waals surface area contributed by atoms with Crippen molar-refractivity contribution in [1.29, 1.82) is 0 Å². The summed E-state index contributed by atoms with van der Waals surface area (Å²) in [5, 5.41) is 14.6. The van der Waals surface area contributed by atoms with E-state index >= 15 is 0 Å². The molecular weight excluding hydrogens is 363 g/mol. The predicted molar refractivity (Wildman–Crippen MR) is 97.4 cm³/mol. The highest BCUT2D eigenvalue weighted by atomic mass is 19.1. The van der Waals surface area contributed by atoms with Crippen LogP contribution >= 0.6 is 0 Å². The molecule has 0 spiro atoms. The van der Waals surface area contributed by atoms with Crippen molar-refractivity contribution in [2.45, 2.75) is 6.04 Å². The zero-order valence-corrected chi connectivity index (χ0v) is 15.0. The Bertz CT molecular complexity index is 1030. The fraction of sp³-hybridized carbons (Fsp3) is 0.211. The maximum Gasteiger partial charge on any atom is 0.254 e. The van der Waals surface area contributed by atoms with E-state index in [4.69, 9.17) is 0 Å². The molecule has 9 heteroatoms. The minimum Gasteiger partial charge on any atom is -0.352 e. The lowest BCUT2D eigenvalue weighted by Gasteiger charge is -2.35. The van der Waals surface area contributed by atoms with Gasteiger partial charge in [-0.15, -0.1) is 10.2 Å². The van der Waals surface area contributed by atoms with Gasteiger partial charge < -0.3 is 10.2 Å². The fourth-order valence-corrected chi connectivity index (χ4v) is 3.22. The molecule has 0 bridgehead atoms. The van der Waals surface area contributed by atoms with Crippen LogP contribution in [-0.2, 0) is 11.8 Å². The van der Waals surface area contributed by atoms with Crippen LogP contribution < -0.4 is 5.32 Å². The second-order valence-electron chi connectivity index (χ2n) is 6.43. The summed E-state index contributed by atoms with van der Waals surface area (Å²) in [7, 11) is 1.67. The average Bonchev–Trinajstić information content (AvgIpc) is 3.13. The number of aryl methyl sites for hydroxylation is 1. The second kappa shape index (κ2) is 7.18. The third-order valence-electron chi connectivity index (χ3n) is 4.54. The van der Waals surface area contributed by atoms with Crippen molar-refractivity contribution in [3.8, 4) is 11.4 Å². The molecule has 2 amide bonds. The molecule has 1 aliphatic heterocycles. The standard InChI is InChI=1S/C19H17FN6O2/c1-25-23-17(22-24-25)12-5-7-13(8-6-12)19(28)26-10-9-21-18(27)16(26)14-3-2-4-15(20)11-14/h2-8,11,16H,9-10H2,1H3,(H,21,27)/t16-/m0/s1. The van der Waals surface area contributed by atoms with Gasteiger partial charge in [-0.25, -0.2) is 4.39 Å². The number of piperazine rings is 1. The summed E-state index contributed by atoms with van der Waals surface area (Å²) in [4.78, 5) is 28.3. The number of carbonyl (C=O) groups is 2. The van der Waals surface area contributed by atoms with Gasteiger partial charge in [0.25, 0.3) is 5.91 Å². The molecule has 4 rings (SSSR count). The number of hydrogen-bond donors (Lipinski definition) is 1. The molecule has 1 aromatic heterocycles. The van der Waals surface area contributed by atoms with Crippen LogP contribution in [0.2, 0.25) is 0 Å². The zero-order valence-electron chi connectivity index (χ0n) is 15.0. The van der Waals surface area contributed by atoms with Crippen LogP contribution in [0.1, 0.15) is 22.0 Å². The van der Waals surface area contributed by atoms with E-state index in [1.165, 1.54) is 27.9 Å². The minimum atomic E-state index is -0.877. The van der Waals surface area contributed by atoms with Gasteiger partial charge in [0.1, 0.15) is 11.9 Å². The molecule has 1 N–H and O–H groups in total. The first kappa shape index (κ1) is 17.8. The van der Waals surface area contributed by atoms with E-state index in [2.05, 4.69) is 20.7 Å². The Kier molecular flexibility index (Phi) is 4.56. The molecule has 1 fully saturated rings. The Labute approximate surface area is 160 Å². The highest BCUT2D eigenvalue weighted by Gasteiger charge is 2.35. The molecule has 2 aromatic carbocycles. The molecule has 0 aliphatic carbocycles. The van der Waals surface area contributed by atoms with Crippen molar-refractivity contribution in [2.24, 2.45) is 7.05 Å². The van der Waals surface area contributed by atoms with E-state index in [0.717, 1.165) is 5.56 Å². The number of hydrogen-bond acceptors (Lipinski definition) is 5. The number of carbonyl (C=O) groups excluding carboxylic acids is 2. The molecule has 1 saturated heterocycles. The van der Waals surface area contributed by atoms with E-state index in [1.807, 2.05) is 0 Å². The summed E-state index contributed by atoms with van der Waals surface area (Å²) in [5.41, 5.74) is 1.58. The van der Waals surface area contributed by atoms with Crippen LogP contribution in [0.5, 0.6) is 0 Å². The predicted octanol–water partition coefficient (Wildman–Crippen LogP) is 1.33. The first-order valence-electron chi connectivity index (χ1n) is 8.71. The quantitative estimate of drug-likeness (QED) is 0.740. The summed E-state index contributed by atoms with van der Waals surface area (Å²) in [6, 6.07) is 11.6. The second-order valence-corrected chi connectivity index (χ2v) is 6.43. The van der Waals surface area contributed by atoms with Crippen molar-refractivity contribution in [1.82, 2.24) is 30.4 Å². The van der Waals surface area contributed by atoms with Crippen molar-refractivity contribution >= 4 is 11.8 Å². The van der Waals surface area contributed by atoms with Gasteiger partial charge in [0.15, 0.2) is 0 Å². The number of nitrogens with zero attached hydrogens (tertiary/aromatic N) is 5. The third-order valence-corrected chi connectivity index (χ3v) is 4.54. The molecule has 0 unspecified atom stereocenters. The summed E-state index contributed by atoms with van der Waals surface area (Å²) in [5.74, 6) is -0.631. The molecule has 1 aliphatic rings. The minimum absolute atomic E-state index is 0.303. The van der Waals surface area contributed by atoms with Crippen LogP contribution in [0, 0.1) is 5.82 Å². The summed E-state index contributed by atoms with van der Waals surface area (Å²) in [6.45, 7) is 0.678. The summed E-state index contributed by atoms with van der Waals surface area (Å²) < 4.78 is 13.7. The largest absolute Gasteiger partial charge is 0.352 e. The average molecular weight is 380 g/mol. The maximum absolute atomic E-state index is 13.7. The van der Waals surface area contributed by atoms with Crippen molar-refractivity contribution < 1.29 is 14.0 Å². The summed E-state index contributed by atoms with van der Waals surface area (Å²) >= 11 is 0. The third kappa shape index (κ3) is 3.34. The van der Waals surface area contributed by atoms with Crippen LogP contribution in [0.15, 0.2) is 48.5 Å². The molecule has 8 nitrogen and oxygen atoms in total. The molecule has 3 aromatic rings. The highest BCUT2D eigenvalue weighted by Crippen LogP contribution is 2.26. The first-order valence-corrected chi connectivity index (χ1v) is 8.71.